The van der Waals surface area contributed by atoms with E-state index in [4.69, 9.17) is 0 Å². The second-order valence-electron chi connectivity index (χ2n) is 7.12. The molecule has 2 aromatic carbocycles. The van der Waals surface area contributed by atoms with Crippen LogP contribution in [0.25, 0.3) is 22.9 Å². The molecule has 2 aliphatic rings. The van der Waals surface area contributed by atoms with Crippen molar-refractivity contribution in [1.29, 1.82) is 0 Å². The molecule has 100 valence electrons. The summed E-state index contributed by atoms with van der Waals surface area (Å²) in [4.78, 5) is 0. The van der Waals surface area contributed by atoms with E-state index in [1.165, 1.54) is 33.0 Å². The van der Waals surface area contributed by atoms with Gasteiger partial charge in [0.05, 0.1) is 0 Å². The van der Waals surface area contributed by atoms with Crippen LogP contribution >= 0.6 is 0 Å². The van der Waals surface area contributed by atoms with Crippen molar-refractivity contribution in [1.82, 2.24) is 0 Å². The summed E-state index contributed by atoms with van der Waals surface area (Å²) in [7, 11) is 0. The van der Waals surface area contributed by atoms with Crippen molar-refractivity contribution in [2.45, 2.75) is 33.1 Å². The van der Waals surface area contributed by atoms with E-state index >= 15 is 0 Å². The molecule has 0 fully saturated rings. The van der Waals surface area contributed by atoms with Crippen molar-refractivity contribution in [2.75, 3.05) is 0 Å². The van der Waals surface area contributed by atoms with Gasteiger partial charge in [-0.25, -0.2) is 0 Å². The molecule has 0 amide bonds. The highest BCUT2D eigenvalue weighted by Crippen LogP contribution is 2.45. The zero-order chi connectivity index (χ0) is 13.9. The lowest BCUT2D eigenvalue weighted by atomic mass is 9.71. The van der Waals surface area contributed by atoms with Crippen LogP contribution in [0.15, 0.2) is 36.4 Å². The maximum Gasteiger partial charge on any atom is 0.00762 e. The number of hydrogen-bond acceptors (Lipinski definition) is 0. The molecule has 0 aromatic heterocycles. The third-order valence-electron chi connectivity index (χ3n) is 4.72. The first kappa shape index (κ1) is 12.0. The van der Waals surface area contributed by atoms with Gasteiger partial charge in [-0.1, -0.05) is 69.3 Å². The molecule has 0 spiro atoms. The van der Waals surface area contributed by atoms with Crippen LogP contribution in [0.5, 0.6) is 0 Å². The summed E-state index contributed by atoms with van der Waals surface area (Å²) in [6.07, 6.45) is 10.3. The first-order valence-corrected chi connectivity index (χ1v) is 7.49. The van der Waals surface area contributed by atoms with Crippen LogP contribution in [0.3, 0.4) is 0 Å². The predicted molar refractivity (Wildman–Crippen MR) is 87.9 cm³/mol. The van der Waals surface area contributed by atoms with E-state index in [9.17, 15) is 0 Å². The van der Waals surface area contributed by atoms with Crippen molar-refractivity contribution < 1.29 is 0 Å². The quantitative estimate of drug-likeness (QED) is 0.581. The van der Waals surface area contributed by atoms with E-state index in [1.54, 1.807) is 0 Å². The number of rotatable bonds is 0. The van der Waals surface area contributed by atoms with Crippen LogP contribution in [-0.2, 0) is 6.42 Å². The molecule has 0 saturated carbocycles. The van der Waals surface area contributed by atoms with E-state index in [-0.39, 0.29) is 5.41 Å². The smallest absolute Gasteiger partial charge is 0.00762 e. The van der Waals surface area contributed by atoms with Gasteiger partial charge < -0.3 is 0 Å². The van der Waals surface area contributed by atoms with Crippen molar-refractivity contribution in [3.63, 3.8) is 0 Å². The van der Waals surface area contributed by atoms with Gasteiger partial charge >= 0.3 is 0 Å². The fourth-order valence-corrected chi connectivity index (χ4v) is 3.73. The lowest BCUT2D eigenvalue weighted by Crippen LogP contribution is -2.18. The van der Waals surface area contributed by atoms with Crippen LogP contribution in [0.4, 0.5) is 0 Å². The molecule has 1 atom stereocenters. The molecule has 2 aliphatic carbocycles. The van der Waals surface area contributed by atoms with Crippen molar-refractivity contribution in [2.24, 2.45) is 5.41 Å². The monoisotopic (exact) mass is 260 g/mol. The Morgan fingerprint density at radius 3 is 2.45 bits per heavy atom. The summed E-state index contributed by atoms with van der Waals surface area (Å²) in [5.74, 6) is 0.505. The lowest BCUT2D eigenvalue weighted by molar-refractivity contribution is 0.368. The Morgan fingerprint density at radius 2 is 1.65 bits per heavy atom. The number of benzene rings is 2. The lowest BCUT2D eigenvalue weighted by Gasteiger charge is -2.33. The average Bonchev–Trinajstić information content (AvgIpc) is 2.43. The molecule has 0 heterocycles. The summed E-state index contributed by atoms with van der Waals surface area (Å²) in [5, 5.41) is 2.98. The molecular formula is C20H20. The summed E-state index contributed by atoms with van der Waals surface area (Å²) in [6, 6.07) is 9.24. The fourth-order valence-electron chi connectivity index (χ4n) is 3.73. The Hall–Kier alpha value is -1.82. The number of allylic oxidation sites excluding steroid dienone is 2. The van der Waals surface area contributed by atoms with Crippen molar-refractivity contribution >= 4 is 22.9 Å². The first-order valence-electron chi connectivity index (χ1n) is 7.49. The highest BCUT2D eigenvalue weighted by molar-refractivity contribution is 6.03. The molecule has 1 unspecified atom stereocenters. The maximum absolute atomic E-state index is 2.39. The van der Waals surface area contributed by atoms with Gasteiger partial charge in [0.2, 0.25) is 0 Å². The normalized spacial score (nSPS) is 19.6. The molecule has 0 saturated heterocycles. The van der Waals surface area contributed by atoms with Crippen molar-refractivity contribution in [3.8, 4) is 0 Å². The summed E-state index contributed by atoms with van der Waals surface area (Å²) < 4.78 is 0. The van der Waals surface area contributed by atoms with Gasteiger partial charge in [-0.2, -0.15) is 0 Å². The molecule has 0 bridgehead atoms. The summed E-state index contributed by atoms with van der Waals surface area (Å²) >= 11 is 0. The second kappa shape index (κ2) is 3.85. The topological polar surface area (TPSA) is 0 Å². The van der Waals surface area contributed by atoms with Crippen LogP contribution in [0.2, 0.25) is 0 Å². The molecular weight excluding hydrogens is 240 g/mol. The third-order valence-corrected chi connectivity index (χ3v) is 4.72. The standard InChI is InChI=1S/C20H20/c1-20(2,3)17-12-10-15-8-7-13-5-4-6-14-9-11-16(17)19(15)18(13)14/h4,6-12,17H,5H2,1-3H3. The Kier molecular flexibility index (Phi) is 2.30. The van der Waals surface area contributed by atoms with Crippen LogP contribution < -0.4 is 0 Å². The Bertz CT molecular complexity index is 767. The molecule has 2 aromatic rings. The summed E-state index contributed by atoms with van der Waals surface area (Å²) in [5.41, 5.74) is 6.02. The van der Waals surface area contributed by atoms with Crippen molar-refractivity contribution in [3.05, 3.63) is 58.7 Å². The van der Waals surface area contributed by atoms with Gasteiger partial charge in [-0.3, -0.25) is 0 Å². The van der Waals surface area contributed by atoms with E-state index < -0.39 is 0 Å². The molecule has 0 radical (unpaired) electrons. The molecule has 4 rings (SSSR count). The third kappa shape index (κ3) is 1.54. The van der Waals surface area contributed by atoms with Gasteiger partial charge in [-0.05, 0) is 44.9 Å². The van der Waals surface area contributed by atoms with Gasteiger partial charge in [0.1, 0.15) is 0 Å². The summed E-state index contributed by atoms with van der Waals surface area (Å²) in [6.45, 7) is 7.01. The first-order chi connectivity index (χ1) is 9.55. The Balaban J connectivity index is 2.12. The zero-order valence-electron chi connectivity index (χ0n) is 12.4. The van der Waals surface area contributed by atoms with Gasteiger partial charge in [0.25, 0.3) is 0 Å². The second-order valence-corrected chi connectivity index (χ2v) is 7.12. The van der Waals surface area contributed by atoms with E-state index in [2.05, 4.69) is 69.3 Å². The van der Waals surface area contributed by atoms with E-state index in [0.29, 0.717) is 5.92 Å². The highest BCUT2D eigenvalue weighted by Gasteiger charge is 2.29. The average molecular weight is 260 g/mol. The highest BCUT2D eigenvalue weighted by atomic mass is 14.3. The maximum atomic E-state index is 2.39. The molecule has 20 heavy (non-hydrogen) atoms. The fraction of sp³-hybridized carbons (Fsp3) is 0.300. The minimum Gasteiger partial charge on any atom is -0.0795 e. The van der Waals surface area contributed by atoms with Crippen LogP contribution in [-0.4, -0.2) is 0 Å². The van der Waals surface area contributed by atoms with Gasteiger partial charge in [-0.15, -0.1) is 0 Å². The predicted octanol–water partition coefficient (Wildman–Crippen LogP) is 5.57. The molecule has 0 aliphatic heterocycles. The molecule has 0 N–H and O–H groups in total. The van der Waals surface area contributed by atoms with Gasteiger partial charge in [0.15, 0.2) is 0 Å². The van der Waals surface area contributed by atoms with E-state index in [0.717, 1.165) is 6.42 Å². The SMILES string of the molecule is CC(C)(C)C1C=Cc2ccc3c4c(ccc1c24)C=CC3. The zero-order valence-corrected chi connectivity index (χ0v) is 12.4. The molecule has 0 nitrogen and oxygen atoms in total. The molecule has 0 heteroatoms. The van der Waals surface area contributed by atoms with Gasteiger partial charge in [0, 0.05) is 5.92 Å². The largest absolute Gasteiger partial charge is 0.0795 e. The minimum absolute atomic E-state index is 0.262. The minimum atomic E-state index is 0.262. The Morgan fingerprint density at radius 1 is 0.900 bits per heavy atom. The Labute approximate surface area is 120 Å². The number of hydrogen-bond donors (Lipinski definition) is 0. The van der Waals surface area contributed by atoms with Crippen LogP contribution in [0, 0.1) is 5.41 Å². The van der Waals surface area contributed by atoms with Crippen LogP contribution in [0.1, 0.15) is 48.9 Å². The van der Waals surface area contributed by atoms with E-state index in [1.807, 2.05) is 0 Å².